The highest BCUT2D eigenvalue weighted by molar-refractivity contribution is 6.32. The lowest BCUT2D eigenvalue weighted by atomic mass is 10.1. The molecule has 98 valence electrons. The summed E-state index contributed by atoms with van der Waals surface area (Å²) in [6, 6.07) is 5.58. The van der Waals surface area contributed by atoms with Crippen LogP contribution in [0.25, 0.3) is 6.08 Å². The fourth-order valence-electron chi connectivity index (χ4n) is 1.69. The van der Waals surface area contributed by atoms with E-state index in [-0.39, 0.29) is 0 Å². The van der Waals surface area contributed by atoms with E-state index >= 15 is 0 Å². The third-order valence-electron chi connectivity index (χ3n) is 2.68. The van der Waals surface area contributed by atoms with Crippen molar-refractivity contribution in [2.45, 2.75) is 19.8 Å². The molecule has 0 atom stereocenters. The molecule has 0 unspecified atom stereocenters. The first-order valence-electron chi connectivity index (χ1n) is 5.97. The van der Waals surface area contributed by atoms with Crippen LogP contribution in [-0.4, -0.2) is 24.7 Å². The Bertz CT molecular complexity index is 443. The second kappa shape index (κ2) is 7.07. The lowest BCUT2D eigenvalue weighted by Crippen LogP contribution is -2.19. The molecule has 0 aliphatic carbocycles. The quantitative estimate of drug-likeness (QED) is 0.800. The van der Waals surface area contributed by atoms with Gasteiger partial charge in [0.25, 0.3) is 0 Å². The Morgan fingerprint density at radius 2 is 2.22 bits per heavy atom. The summed E-state index contributed by atoms with van der Waals surface area (Å²) in [5.41, 5.74) is 1.70. The van der Waals surface area contributed by atoms with E-state index in [1.54, 1.807) is 12.1 Å². The van der Waals surface area contributed by atoms with Gasteiger partial charge in [0.05, 0.1) is 0 Å². The number of aliphatic carboxylic acids is 1. The highest BCUT2D eigenvalue weighted by atomic mass is 35.5. The van der Waals surface area contributed by atoms with Crippen molar-refractivity contribution >= 4 is 29.3 Å². The molecule has 4 heteroatoms. The highest BCUT2D eigenvalue weighted by Crippen LogP contribution is 2.28. The minimum atomic E-state index is -0.975. The molecule has 0 amide bonds. The zero-order valence-corrected chi connectivity index (χ0v) is 11.4. The van der Waals surface area contributed by atoms with Gasteiger partial charge in [-0.1, -0.05) is 31.0 Å². The normalized spacial score (nSPS) is 10.8. The summed E-state index contributed by atoms with van der Waals surface area (Å²) in [4.78, 5) is 12.7. The first kappa shape index (κ1) is 14.6. The molecule has 0 saturated carbocycles. The van der Waals surface area contributed by atoms with E-state index in [4.69, 9.17) is 16.7 Å². The summed E-state index contributed by atoms with van der Waals surface area (Å²) in [5.74, 6) is -0.975. The summed E-state index contributed by atoms with van der Waals surface area (Å²) < 4.78 is 0. The average molecular weight is 268 g/mol. The molecule has 1 aromatic carbocycles. The number of carboxylic acids is 1. The Hall–Kier alpha value is -1.48. The SMILES string of the molecule is CCCCN(C)c1cccc(Cl)c1/C=C/C(=O)O. The Morgan fingerprint density at radius 1 is 1.50 bits per heavy atom. The van der Waals surface area contributed by atoms with Crippen LogP contribution in [-0.2, 0) is 4.79 Å². The molecule has 0 aromatic heterocycles. The number of unbranched alkanes of at least 4 members (excludes halogenated alkanes) is 1. The van der Waals surface area contributed by atoms with Gasteiger partial charge >= 0.3 is 5.97 Å². The Kier molecular flexibility index (Phi) is 5.72. The third-order valence-corrected chi connectivity index (χ3v) is 3.01. The first-order valence-corrected chi connectivity index (χ1v) is 6.34. The average Bonchev–Trinajstić information content (AvgIpc) is 2.34. The van der Waals surface area contributed by atoms with E-state index < -0.39 is 5.97 Å². The van der Waals surface area contributed by atoms with E-state index in [0.717, 1.165) is 36.7 Å². The van der Waals surface area contributed by atoms with Gasteiger partial charge in [0.15, 0.2) is 0 Å². The largest absolute Gasteiger partial charge is 0.478 e. The van der Waals surface area contributed by atoms with Crippen molar-refractivity contribution in [1.29, 1.82) is 0 Å². The number of carboxylic acid groups (broad SMARTS) is 1. The smallest absolute Gasteiger partial charge is 0.328 e. The molecule has 0 fully saturated rings. The summed E-state index contributed by atoms with van der Waals surface area (Å²) in [6.45, 7) is 3.06. The number of benzene rings is 1. The number of rotatable bonds is 6. The summed E-state index contributed by atoms with van der Waals surface area (Å²) >= 11 is 6.12. The Labute approximate surface area is 113 Å². The molecule has 18 heavy (non-hydrogen) atoms. The van der Waals surface area contributed by atoms with Crippen LogP contribution >= 0.6 is 11.6 Å². The minimum Gasteiger partial charge on any atom is -0.478 e. The van der Waals surface area contributed by atoms with Gasteiger partial charge in [0.1, 0.15) is 0 Å². The number of hydrogen-bond donors (Lipinski definition) is 1. The van der Waals surface area contributed by atoms with Gasteiger partial charge in [0.2, 0.25) is 0 Å². The molecule has 1 rings (SSSR count). The fraction of sp³-hybridized carbons (Fsp3) is 0.357. The molecule has 0 bridgehead atoms. The summed E-state index contributed by atoms with van der Waals surface area (Å²) in [6.07, 6.45) is 4.86. The van der Waals surface area contributed by atoms with Crippen molar-refractivity contribution in [3.63, 3.8) is 0 Å². The molecule has 0 radical (unpaired) electrons. The topological polar surface area (TPSA) is 40.5 Å². The van der Waals surface area contributed by atoms with Gasteiger partial charge in [-0.25, -0.2) is 4.79 Å². The third kappa shape index (κ3) is 4.08. The van der Waals surface area contributed by atoms with E-state index in [9.17, 15) is 4.79 Å². The molecular weight excluding hydrogens is 250 g/mol. The van der Waals surface area contributed by atoms with Crippen molar-refractivity contribution in [3.8, 4) is 0 Å². The zero-order chi connectivity index (χ0) is 13.5. The van der Waals surface area contributed by atoms with E-state index in [2.05, 4.69) is 11.8 Å². The maximum Gasteiger partial charge on any atom is 0.328 e. The van der Waals surface area contributed by atoms with Gasteiger partial charge in [0, 0.05) is 35.9 Å². The maximum atomic E-state index is 10.6. The minimum absolute atomic E-state index is 0.563. The molecule has 3 nitrogen and oxygen atoms in total. The van der Waals surface area contributed by atoms with E-state index in [1.165, 1.54) is 0 Å². The van der Waals surface area contributed by atoms with Crippen molar-refractivity contribution in [3.05, 3.63) is 34.9 Å². The van der Waals surface area contributed by atoms with E-state index in [0.29, 0.717) is 5.02 Å². The Morgan fingerprint density at radius 3 is 2.83 bits per heavy atom. The van der Waals surface area contributed by atoms with Crippen LogP contribution < -0.4 is 4.90 Å². The number of hydrogen-bond acceptors (Lipinski definition) is 2. The second-order valence-corrected chi connectivity index (χ2v) is 4.53. The van der Waals surface area contributed by atoms with Gasteiger partial charge in [-0.15, -0.1) is 0 Å². The molecule has 0 aliphatic rings. The predicted molar refractivity (Wildman–Crippen MR) is 76.3 cm³/mol. The Balaban J connectivity index is 3.03. The summed E-state index contributed by atoms with van der Waals surface area (Å²) in [5, 5.41) is 9.26. The summed E-state index contributed by atoms with van der Waals surface area (Å²) in [7, 11) is 1.99. The number of halogens is 1. The van der Waals surface area contributed by atoms with Gasteiger partial charge < -0.3 is 10.0 Å². The van der Waals surface area contributed by atoms with Crippen LogP contribution in [0.1, 0.15) is 25.3 Å². The van der Waals surface area contributed by atoms with Crippen LogP contribution in [0.15, 0.2) is 24.3 Å². The highest BCUT2D eigenvalue weighted by Gasteiger charge is 2.08. The van der Waals surface area contributed by atoms with Crippen LogP contribution in [0.5, 0.6) is 0 Å². The van der Waals surface area contributed by atoms with Gasteiger partial charge in [-0.3, -0.25) is 0 Å². The molecule has 1 aromatic rings. The second-order valence-electron chi connectivity index (χ2n) is 4.12. The monoisotopic (exact) mass is 267 g/mol. The molecule has 0 saturated heterocycles. The van der Waals surface area contributed by atoms with Crippen LogP contribution in [0, 0.1) is 0 Å². The lowest BCUT2D eigenvalue weighted by Gasteiger charge is -2.21. The molecule has 0 spiro atoms. The van der Waals surface area contributed by atoms with Gasteiger partial charge in [-0.05, 0) is 24.6 Å². The standard InChI is InChI=1S/C14H18ClNO2/c1-3-4-10-16(2)13-7-5-6-12(15)11(13)8-9-14(17)18/h5-9H,3-4,10H2,1-2H3,(H,17,18)/b9-8+. The van der Waals surface area contributed by atoms with Crippen LogP contribution in [0.3, 0.4) is 0 Å². The van der Waals surface area contributed by atoms with Crippen molar-refractivity contribution < 1.29 is 9.90 Å². The molecule has 1 N–H and O–H groups in total. The zero-order valence-electron chi connectivity index (χ0n) is 10.7. The number of carbonyl (C=O) groups is 1. The molecule has 0 heterocycles. The predicted octanol–water partition coefficient (Wildman–Crippen LogP) is 3.67. The van der Waals surface area contributed by atoms with Crippen molar-refractivity contribution in [2.24, 2.45) is 0 Å². The maximum absolute atomic E-state index is 10.6. The lowest BCUT2D eigenvalue weighted by molar-refractivity contribution is -0.131. The van der Waals surface area contributed by atoms with Crippen molar-refractivity contribution in [2.75, 3.05) is 18.5 Å². The fourth-order valence-corrected chi connectivity index (χ4v) is 1.93. The molecular formula is C14H18ClNO2. The van der Waals surface area contributed by atoms with E-state index in [1.807, 2.05) is 19.2 Å². The van der Waals surface area contributed by atoms with Gasteiger partial charge in [-0.2, -0.15) is 0 Å². The molecule has 0 aliphatic heterocycles. The van der Waals surface area contributed by atoms with Crippen LogP contribution in [0.4, 0.5) is 5.69 Å². The number of anilines is 1. The first-order chi connectivity index (χ1) is 8.56. The number of nitrogens with zero attached hydrogens (tertiary/aromatic N) is 1. The van der Waals surface area contributed by atoms with Crippen LogP contribution in [0.2, 0.25) is 5.02 Å². The van der Waals surface area contributed by atoms with Crippen molar-refractivity contribution in [1.82, 2.24) is 0 Å².